The van der Waals surface area contributed by atoms with Gasteiger partial charge in [-0.2, -0.15) is 0 Å². The first-order valence-corrected chi connectivity index (χ1v) is 6.61. The van der Waals surface area contributed by atoms with Crippen LogP contribution in [0.3, 0.4) is 0 Å². The lowest BCUT2D eigenvalue weighted by Gasteiger charge is -2.06. The number of nitrogens with one attached hydrogen (secondary N) is 2. The molecule has 1 aliphatic carbocycles. The summed E-state index contributed by atoms with van der Waals surface area (Å²) in [7, 11) is 0. The van der Waals surface area contributed by atoms with Crippen molar-refractivity contribution in [3.63, 3.8) is 0 Å². The molecule has 4 heteroatoms. The molecular weight excluding hydrogens is 243 g/mol. The van der Waals surface area contributed by atoms with E-state index in [0.29, 0.717) is 24.4 Å². The van der Waals surface area contributed by atoms with Crippen LogP contribution in [0.15, 0.2) is 36.0 Å². The normalized spacial score (nSPS) is 15.2. The molecule has 0 unspecified atom stereocenters. The molecule has 0 atom stereocenters. The topological polar surface area (TPSA) is 41.1 Å². The minimum Gasteiger partial charge on any atom is -0.338 e. The van der Waals surface area contributed by atoms with Gasteiger partial charge in [-0.3, -0.25) is 0 Å². The summed E-state index contributed by atoms with van der Waals surface area (Å²) in [5, 5.41) is 5.41. The Hall–Kier alpha value is -1.84. The average molecular weight is 262 g/mol. The Morgan fingerprint density at radius 1 is 1.42 bits per heavy atom. The highest BCUT2D eigenvalue weighted by molar-refractivity contribution is 5.74. The Labute approximate surface area is 112 Å². The quantitative estimate of drug-likeness (QED) is 0.841. The molecule has 1 saturated carbocycles. The zero-order valence-electron chi connectivity index (χ0n) is 11.1. The van der Waals surface area contributed by atoms with Gasteiger partial charge in [-0.15, -0.1) is 0 Å². The second kappa shape index (κ2) is 6.36. The third kappa shape index (κ3) is 4.39. The molecule has 102 valence electrons. The number of hydrogen-bond donors (Lipinski definition) is 2. The van der Waals surface area contributed by atoms with Crippen LogP contribution in [-0.2, 0) is 6.42 Å². The van der Waals surface area contributed by atoms with Crippen molar-refractivity contribution in [3.8, 4) is 0 Å². The minimum atomic E-state index is -0.240. The molecule has 1 fully saturated rings. The van der Waals surface area contributed by atoms with Crippen LogP contribution in [0.2, 0.25) is 0 Å². The average Bonchev–Trinajstić information content (AvgIpc) is 3.22. The molecule has 1 aliphatic rings. The van der Waals surface area contributed by atoms with Crippen molar-refractivity contribution in [2.24, 2.45) is 5.92 Å². The standard InChI is InChI=1S/C15H19FN2O/c1-11(12-6-7-12)10-18-15(19)17-9-8-13-4-2-3-5-14(13)16/h2-5,10,12H,6-9H2,1H3,(H2,17,18,19)/b11-10+. The molecule has 0 saturated heterocycles. The third-order valence-electron chi connectivity index (χ3n) is 3.29. The lowest BCUT2D eigenvalue weighted by molar-refractivity contribution is 0.244. The number of halogens is 1. The molecule has 19 heavy (non-hydrogen) atoms. The first-order chi connectivity index (χ1) is 9.16. The van der Waals surface area contributed by atoms with Crippen molar-refractivity contribution in [1.29, 1.82) is 0 Å². The van der Waals surface area contributed by atoms with Crippen LogP contribution in [0.4, 0.5) is 9.18 Å². The summed E-state index contributed by atoms with van der Waals surface area (Å²) in [6.07, 6.45) is 4.69. The van der Waals surface area contributed by atoms with Gasteiger partial charge in [0.05, 0.1) is 0 Å². The van der Waals surface area contributed by atoms with Crippen LogP contribution in [0.5, 0.6) is 0 Å². The van der Waals surface area contributed by atoms with Gasteiger partial charge in [0.15, 0.2) is 0 Å². The van der Waals surface area contributed by atoms with E-state index < -0.39 is 0 Å². The van der Waals surface area contributed by atoms with Gasteiger partial charge in [0.1, 0.15) is 5.82 Å². The maximum atomic E-state index is 13.3. The molecule has 1 aromatic carbocycles. The van der Waals surface area contributed by atoms with Gasteiger partial charge in [0, 0.05) is 12.7 Å². The summed E-state index contributed by atoms with van der Waals surface area (Å²) >= 11 is 0. The lowest BCUT2D eigenvalue weighted by Crippen LogP contribution is -2.33. The van der Waals surface area contributed by atoms with Crippen molar-refractivity contribution < 1.29 is 9.18 Å². The van der Waals surface area contributed by atoms with Crippen LogP contribution in [0, 0.1) is 11.7 Å². The Morgan fingerprint density at radius 3 is 2.84 bits per heavy atom. The van der Waals surface area contributed by atoms with Crippen LogP contribution in [-0.4, -0.2) is 12.6 Å². The highest BCUT2D eigenvalue weighted by Crippen LogP contribution is 2.35. The van der Waals surface area contributed by atoms with E-state index >= 15 is 0 Å². The number of amides is 2. The Kier molecular flexibility index (Phi) is 4.55. The highest BCUT2D eigenvalue weighted by atomic mass is 19.1. The first kappa shape index (κ1) is 13.6. The van der Waals surface area contributed by atoms with Crippen molar-refractivity contribution in [1.82, 2.24) is 10.6 Å². The Morgan fingerprint density at radius 2 is 2.16 bits per heavy atom. The fourth-order valence-corrected chi connectivity index (χ4v) is 1.90. The van der Waals surface area contributed by atoms with E-state index in [9.17, 15) is 9.18 Å². The molecule has 0 radical (unpaired) electrons. The molecule has 0 heterocycles. The lowest BCUT2D eigenvalue weighted by atomic mass is 10.1. The van der Waals surface area contributed by atoms with Crippen molar-refractivity contribution >= 4 is 6.03 Å². The fourth-order valence-electron chi connectivity index (χ4n) is 1.90. The number of rotatable bonds is 5. The van der Waals surface area contributed by atoms with Crippen molar-refractivity contribution in [2.75, 3.05) is 6.54 Å². The molecule has 3 nitrogen and oxygen atoms in total. The van der Waals surface area contributed by atoms with Crippen LogP contribution in [0.25, 0.3) is 0 Å². The second-order valence-electron chi connectivity index (χ2n) is 4.90. The van der Waals surface area contributed by atoms with Gasteiger partial charge in [0.2, 0.25) is 0 Å². The van der Waals surface area contributed by atoms with Gasteiger partial charge < -0.3 is 10.6 Å². The van der Waals surface area contributed by atoms with Crippen LogP contribution >= 0.6 is 0 Å². The molecule has 0 spiro atoms. The molecule has 0 aliphatic heterocycles. The number of carbonyl (C=O) groups is 1. The van der Waals surface area contributed by atoms with Gasteiger partial charge in [0.25, 0.3) is 0 Å². The summed E-state index contributed by atoms with van der Waals surface area (Å²) in [5.74, 6) is 0.424. The molecule has 2 rings (SSSR count). The smallest absolute Gasteiger partial charge is 0.318 e. The number of carbonyl (C=O) groups excluding carboxylic acids is 1. The van der Waals surface area contributed by atoms with E-state index in [-0.39, 0.29) is 11.8 Å². The van der Waals surface area contributed by atoms with Gasteiger partial charge >= 0.3 is 6.03 Å². The van der Waals surface area contributed by atoms with E-state index in [1.54, 1.807) is 24.4 Å². The predicted molar refractivity (Wildman–Crippen MR) is 73.1 cm³/mol. The van der Waals surface area contributed by atoms with Crippen LogP contribution in [0.1, 0.15) is 25.3 Å². The monoisotopic (exact) mass is 262 g/mol. The SMILES string of the molecule is C/C(=C\NC(=O)NCCc1ccccc1F)C1CC1. The summed E-state index contributed by atoms with van der Waals surface area (Å²) < 4.78 is 13.3. The largest absolute Gasteiger partial charge is 0.338 e. The second-order valence-corrected chi connectivity index (χ2v) is 4.90. The fraction of sp³-hybridized carbons (Fsp3) is 0.400. The van der Waals surface area contributed by atoms with Gasteiger partial charge in [-0.05, 0) is 43.7 Å². The molecule has 0 aromatic heterocycles. The maximum absolute atomic E-state index is 13.3. The maximum Gasteiger partial charge on any atom is 0.318 e. The number of allylic oxidation sites excluding steroid dienone is 1. The predicted octanol–water partition coefficient (Wildman–Crippen LogP) is 2.98. The minimum absolute atomic E-state index is 0.228. The third-order valence-corrected chi connectivity index (χ3v) is 3.29. The van der Waals surface area contributed by atoms with Gasteiger partial charge in [-0.25, -0.2) is 9.18 Å². The van der Waals surface area contributed by atoms with Gasteiger partial charge in [-0.1, -0.05) is 23.8 Å². The number of hydrogen-bond acceptors (Lipinski definition) is 1. The van der Waals surface area contributed by atoms with Crippen LogP contribution < -0.4 is 10.6 Å². The summed E-state index contributed by atoms with van der Waals surface area (Å²) in [6.45, 7) is 2.44. The molecular formula is C15H19FN2O. The molecule has 1 aromatic rings. The molecule has 2 N–H and O–H groups in total. The Bertz CT molecular complexity index is 481. The number of urea groups is 1. The van der Waals surface area contributed by atoms with E-state index in [1.165, 1.54) is 24.5 Å². The van der Waals surface area contributed by atoms with E-state index in [2.05, 4.69) is 10.6 Å². The van der Waals surface area contributed by atoms with E-state index in [1.807, 2.05) is 6.92 Å². The van der Waals surface area contributed by atoms with Crippen molar-refractivity contribution in [2.45, 2.75) is 26.2 Å². The Balaban J connectivity index is 1.69. The summed E-state index contributed by atoms with van der Waals surface area (Å²) in [6, 6.07) is 6.37. The molecule has 0 bridgehead atoms. The zero-order chi connectivity index (χ0) is 13.7. The summed E-state index contributed by atoms with van der Waals surface area (Å²) in [5.41, 5.74) is 1.83. The highest BCUT2D eigenvalue weighted by Gasteiger charge is 2.22. The molecule has 2 amide bonds. The van der Waals surface area contributed by atoms with E-state index in [0.717, 1.165) is 0 Å². The first-order valence-electron chi connectivity index (χ1n) is 6.61. The van der Waals surface area contributed by atoms with Crippen molar-refractivity contribution in [3.05, 3.63) is 47.4 Å². The van der Waals surface area contributed by atoms with E-state index in [4.69, 9.17) is 0 Å². The number of benzene rings is 1. The summed E-state index contributed by atoms with van der Waals surface area (Å²) in [4.78, 5) is 11.5. The zero-order valence-corrected chi connectivity index (χ0v) is 11.1.